The van der Waals surface area contributed by atoms with Crippen molar-refractivity contribution in [3.05, 3.63) is 53.6 Å². The van der Waals surface area contributed by atoms with E-state index in [-0.39, 0.29) is 23.7 Å². The van der Waals surface area contributed by atoms with Crippen molar-refractivity contribution in [3.8, 4) is 11.5 Å². The predicted molar refractivity (Wildman–Crippen MR) is 79.6 cm³/mol. The molecule has 0 atom stereocenters. The third-order valence-electron chi connectivity index (χ3n) is 3.06. The summed E-state index contributed by atoms with van der Waals surface area (Å²) in [4.78, 5) is 12.1. The second-order valence-corrected chi connectivity index (χ2v) is 4.65. The fraction of sp³-hybridized carbons (Fsp3) is 0.188. The zero-order valence-corrected chi connectivity index (χ0v) is 11.4. The predicted octanol–water partition coefficient (Wildman–Crippen LogP) is 2.28. The number of carbonyl (C=O) groups excluding carboxylic acids is 1. The highest BCUT2D eigenvalue weighted by atomic mass is 16.3. The first-order valence-corrected chi connectivity index (χ1v) is 6.64. The van der Waals surface area contributed by atoms with Gasteiger partial charge < -0.3 is 20.6 Å². The molecule has 0 aliphatic carbocycles. The molecule has 0 saturated heterocycles. The van der Waals surface area contributed by atoms with E-state index in [0.717, 1.165) is 5.56 Å². The van der Waals surface area contributed by atoms with Gasteiger partial charge in [0.25, 0.3) is 5.91 Å². The van der Waals surface area contributed by atoms with Crippen molar-refractivity contribution >= 4 is 11.6 Å². The van der Waals surface area contributed by atoms with Crippen LogP contribution in [0.1, 0.15) is 22.3 Å². The number of carbonyl (C=O) groups is 1. The molecule has 0 fully saturated rings. The lowest BCUT2D eigenvalue weighted by Crippen LogP contribution is -2.12. The summed E-state index contributed by atoms with van der Waals surface area (Å²) < 4.78 is 0. The van der Waals surface area contributed by atoms with Gasteiger partial charge in [0, 0.05) is 12.3 Å². The molecule has 1 amide bonds. The number of hydrogen-bond acceptors (Lipinski definition) is 4. The summed E-state index contributed by atoms with van der Waals surface area (Å²) in [6.45, 7) is 0.113. The maximum Gasteiger partial charge on any atom is 0.263 e. The maximum absolute atomic E-state index is 12.1. The number of hydrogen-bond donors (Lipinski definition) is 4. The number of nitrogens with one attached hydrogen (secondary N) is 1. The van der Waals surface area contributed by atoms with E-state index in [1.165, 1.54) is 18.2 Å². The van der Waals surface area contributed by atoms with Crippen LogP contribution in [-0.4, -0.2) is 27.8 Å². The maximum atomic E-state index is 12.1. The first-order chi connectivity index (χ1) is 10.1. The number of aryl methyl sites for hydroxylation is 1. The van der Waals surface area contributed by atoms with Crippen molar-refractivity contribution in [1.82, 2.24) is 0 Å². The van der Waals surface area contributed by atoms with Gasteiger partial charge in [-0.2, -0.15) is 0 Å². The van der Waals surface area contributed by atoms with Gasteiger partial charge in [-0.1, -0.05) is 18.2 Å². The number of aliphatic hydroxyl groups excluding tert-OH is 1. The zero-order valence-electron chi connectivity index (χ0n) is 11.4. The number of aliphatic hydroxyl groups is 1. The summed E-state index contributed by atoms with van der Waals surface area (Å²) in [6.07, 6.45) is 1.36. The van der Waals surface area contributed by atoms with Crippen LogP contribution in [0.5, 0.6) is 11.5 Å². The van der Waals surface area contributed by atoms with Crippen molar-refractivity contribution in [2.75, 3.05) is 11.9 Å². The third-order valence-corrected chi connectivity index (χ3v) is 3.06. The van der Waals surface area contributed by atoms with Crippen molar-refractivity contribution in [2.45, 2.75) is 12.8 Å². The van der Waals surface area contributed by atoms with Crippen LogP contribution in [0, 0.1) is 0 Å². The van der Waals surface area contributed by atoms with Crippen LogP contribution in [0.2, 0.25) is 0 Å². The quantitative estimate of drug-likeness (QED) is 0.679. The molecule has 2 rings (SSSR count). The van der Waals surface area contributed by atoms with E-state index < -0.39 is 5.91 Å². The summed E-state index contributed by atoms with van der Waals surface area (Å²) in [6, 6.07) is 11.4. The van der Waals surface area contributed by atoms with Gasteiger partial charge in [0.05, 0.1) is 0 Å². The van der Waals surface area contributed by atoms with Gasteiger partial charge in [0.2, 0.25) is 0 Å². The number of anilines is 1. The van der Waals surface area contributed by atoms with Gasteiger partial charge in [0.1, 0.15) is 17.1 Å². The Kier molecular flexibility index (Phi) is 4.79. The molecule has 5 nitrogen and oxygen atoms in total. The van der Waals surface area contributed by atoms with E-state index in [4.69, 9.17) is 5.11 Å². The van der Waals surface area contributed by atoms with Gasteiger partial charge in [-0.25, -0.2) is 0 Å². The fourth-order valence-corrected chi connectivity index (χ4v) is 2.04. The van der Waals surface area contributed by atoms with Crippen LogP contribution in [0.15, 0.2) is 42.5 Å². The van der Waals surface area contributed by atoms with E-state index >= 15 is 0 Å². The smallest absolute Gasteiger partial charge is 0.263 e. The summed E-state index contributed by atoms with van der Waals surface area (Å²) in [5.41, 5.74) is 1.40. The molecule has 0 bridgehead atoms. The Hall–Kier alpha value is -2.53. The van der Waals surface area contributed by atoms with E-state index in [0.29, 0.717) is 18.5 Å². The molecular formula is C16H17NO4. The highest BCUT2D eigenvalue weighted by Gasteiger charge is 2.16. The Morgan fingerprint density at radius 3 is 2.38 bits per heavy atom. The first kappa shape index (κ1) is 14.9. The molecule has 0 spiro atoms. The normalized spacial score (nSPS) is 10.3. The highest BCUT2D eigenvalue weighted by Crippen LogP contribution is 2.27. The monoisotopic (exact) mass is 287 g/mol. The number of aromatic hydroxyl groups is 2. The van der Waals surface area contributed by atoms with Gasteiger partial charge in [-0.05, 0) is 42.7 Å². The molecule has 0 unspecified atom stereocenters. The molecule has 5 heteroatoms. The Bertz CT molecular complexity index is 620. The van der Waals surface area contributed by atoms with Crippen LogP contribution in [0.3, 0.4) is 0 Å². The molecule has 2 aromatic carbocycles. The Morgan fingerprint density at radius 1 is 1.05 bits per heavy atom. The standard InChI is InChI=1S/C16H17NO4/c18-9-3-5-11-4-1-6-12(10-11)17-16(21)15-13(19)7-2-8-14(15)20/h1-2,4,6-8,10,18-20H,3,5,9H2,(H,17,21). The average molecular weight is 287 g/mol. The highest BCUT2D eigenvalue weighted by molar-refractivity contribution is 6.08. The SMILES string of the molecule is O=C(Nc1cccc(CCCO)c1)c1c(O)cccc1O. The van der Waals surface area contributed by atoms with Crippen molar-refractivity contribution in [2.24, 2.45) is 0 Å². The number of rotatable bonds is 5. The molecule has 2 aromatic rings. The third kappa shape index (κ3) is 3.73. The summed E-state index contributed by atoms with van der Waals surface area (Å²) in [5.74, 6) is -1.13. The van der Waals surface area contributed by atoms with Gasteiger partial charge in [-0.15, -0.1) is 0 Å². The van der Waals surface area contributed by atoms with E-state index in [1.807, 2.05) is 6.07 Å². The molecule has 4 N–H and O–H groups in total. The fourth-order valence-electron chi connectivity index (χ4n) is 2.04. The Morgan fingerprint density at radius 2 is 1.71 bits per heavy atom. The largest absolute Gasteiger partial charge is 0.507 e. The minimum atomic E-state index is -0.579. The van der Waals surface area contributed by atoms with E-state index in [2.05, 4.69) is 5.32 Å². The van der Waals surface area contributed by atoms with Crippen LogP contribution >= 0.6 is 0 Å². The van der Waals surface area contributed by atoms with Crippen molar-refractivity contribution < 1.29 is 20.1 Å². The summed E-state index contributed by atoms with van der Waals surface area (Å²) in [7, 11) is 0. The Labute approximate surface area is 122 Å². The lowest BCUT2D eigenvalue weighted by atomic mass is 10.1. The minimum Gasteiger partial charge on any atom is -0.507 e. The van der Waals surface area contributed by atoms with Crippen LogP contribution in [0.25, 0.3) is 0 Å². The second kappa shape index (κ2) is 6.76. The number of benzene rings is 2. The minimum absolute atomic E-state index is 0.113. The van der Waals surface area contributed by atoms with E-state index in [1.54, 1.807) is 18.2 Å². The van der Waals surface area contributed by atoms with Gasteiger partial charge in [-0.3, -0.25) is 4.79 Å². The summed E-state index contributed by atoms with van der Waals surface area (Å²) >= 11 is 0. The molecular weight excluding hydrogens is 270 g/mol. The molecule has 0 aromatic heterocycles. The molecule has 0 radical (unpaired) electrons. The lowest BCUT2D eigenvalue weighted by molar-refractivity contribution is 0.102. The number of phenolic OH excluding ortho intramolecular Hbond substituents is 2. The molecule has 110 valence electrons. The van der Waals surface area contributed by atoms with Crippen LogP contribution < -0.4 is 5.32 Å². The van der Waals surface area contributed by atoms with Crippen LogP contribution in [-0.2, 0) is 6.42 Å². The van der Waals surface area contributed by atoms with Crippen molar-refractivity contribution in [3.63, 3.8) is 0 Å². The first-order valence-electron chi connectivity index (χ1n) is 6.64. The Balaban J connectivity index is 2.16. The summed E-state index contributed by atoms with van der Waals surface area (Å²) in [5, 5.41) is 30.8. The lowest BCUT2D eigenvalue weighted by Gasteiger charge is -2.09. The van der Waals surface area contributed by atoms with Crippen LogP contribution in [0.4, 0.5) is 5.69 Å². The molecule has 0 heterocycles. The average Bonchev–Trinajstić information content (AvgIpc) is 2.45. The number of amides is 1. The zero-order chi connectivity index (χ0) is 15.2. The van der Waals surface area contributed by atoms with Crippen molar-refractivity contribution in [1.29, 1.82) is 0 Å². The number of phenols is 2. The molecule has 0 aliphatic rings. The molecule has 21 heavy (non-hydrogen) atoms. The second-order valence-electron chi connectivity index (χ2n) is 4.65. The molecule has 0 saturated carbocycles. The topological polar surface area (TPSA) is 89.8 Å². The molecule has 0 aliphatic heterocycles. The van der Waals surface area contributed by atoms with E-state index in [9.17, 15) is 15.0 Å². The van der Waals surface area contributed by atoms with Gasteiger partial charge in [0.15, 0.2) is 0 Å². The van der Waals surface area contributed by atoms with Gasteiger partial charge >= 0.3 is 0 Å².